The van der Waals surface area contributed by atoms with Crippen LogP contribution in [0.1, 0.15) is 5.76 Å². The molecule has 0 atom stereocenters. The van der Waals surface area contributed by atoms with E-state index in [1.165, 1.54) is 18.2 Å². The van der Waals surface area contributed by atoms with E-state index in [2.05, 4.69) is 0 Å². The van der Waals surface area contributed by atoms with Crippen LogP contribution in [0.2, 0.25) is 0 Å². The summed E-state index contributed by atoms with van der Waals surface area (Å²) in [5.74, 6) is 2.93. The van der Waals surface area contributed by atoms with Crippen molar-refractivity contribution < 1.29 is 14.1 Å². The molecule has 18 heavy (non-hydrogen) atoms. The molecule has 2 aromatic rings. The summed E-state index contributed by atoms with van der Waals surface area (Å²) in [6.07, 6.45) is 1.72. The highest BCUT2D eigenvalue weighted by Crippen LogP contribution is 2.24. The average molecular weight is 243 g/mol. The Morgan fingerprint density at radius 2 is 1.94 bits per heavy atom. The Balaban J connectivity index is 2.23. The highest BCUT2D eigenvalue weighted by molar-refractivity contribution is 5.59. The van der Waals surface area contributed by atoms with Gasteiger partial charge in [-0.05, 0) is 24.3 Å². The van der Waals surface area contributed by atoms with Crippen LogP contribution in [-0.4, -0.2) is 10.9 Å². The first kappa shape index (κ1) is 11.8. The van der Waals surface area contributed by atoms with Gasteiger partial charge in [0.05, 0.1) is 4.92 Å². The lowest BCUT2D eigenvalue weighted by Gasteiger charge is -1.96. The molecule has 0 saturated carbocycles. The number of benzene rings is 1. The van der Waals surface area contributed by atoms with Crippen molar-refractivity contribution in [3.05, 3.63) is 58.3 Å². The van der Waals surface area contributed by atoms with Gasteiger partial charge in [0.1, 0.15) is 17.5 Å². The molecule has 0 saturated heterocycles. The van der Waals surface area contributed by atoms with Crippen LogP contribution in [0.4, 0.5) is 5.69 Å². The molecule has 0 aliphatic carbocycles. The third-order valence-electron chi connectivity index (χ3n) is 2.41. The Hall–Kier alpha value is -2.65. The number of hydrogen-bond donors (Lipinski definition) is 0. The number of allylic oxidation sites excluding steroid dienone is 1. The molecule has 0 aliphatic rings. The summed E-state index contributed by atoms with van der Waals surface area (Å²) in [5, 5.41) is 10.5. The van der Waals surface area contributed by atoms with E-state index in [-0.39, 0.29) is 5.69 Å². The van der Waals surface area contributed by atoms with Crippen molar-refractivity contribution in [3.8, 4) is 11.3 Å². The van der Waals surface area contributed by atoms with Crippen LogP contribution in [0, 0.1) is 10.1 Å². The van der Waals surface area contributed by atoms with Crippen molar-refractivity contribution >= 4 is 11.6 Å². The second-order valence-corrected chi connectivity index (χ2v) is 3.60. The number of non-ortho nitro benzene ring substituents is 1. The number of nitro benzene ring substituents is 1. The Bertz CT molecular complexity index is 606. The van der Waals surface area contributed by atoms with Crippen LogP contribution < -0.4 is 0 Å². The summed E-state index contributed by atoms with van der Waals surface area (Å²) in [6, 6.07) is 9.60. The highest BCUT2D eigenvalue weighted by atomic mass is 16.6. The van der Waals surface area contributed by atoms with Crippen LogP contribution in [0.5, 0.6) is 0 Å². The van der Waals surface area contributed by atoms with Crippen LogP contribution >= 0.6 is 0 Å². The molecule has 0 bridgehead atoms. The third kappa shape index (κ3) is 2.53. The topological polar surface area (TPSA) is 73.3 Å². The van der Waals surface area contributed by atoms with Gasteiger partial charge in [0.15, 0.2) is 0 Å². The summed E-state index contributed by atoms with van der Waals surface area (Å²) in [5.41, 5.74) is 0.788. The Kier molecular flexibility index (Phi) is 3.36. The van der Waals surface area contributed by atoms with Gasteiger partial charge in [-0.25, -0.2) is 4.79 Å². The van der Waals surface area contributed by atoms with Gasteiger partial charge in [-0.2, -0.15) is 0 Å². The number of furan rings is 1. The van der Waals surface area contributed by atoms with Crippen LogP contribution in [0.15, 0.2) is 46.9 Å². The second kappa shape index (κ2) is 5.12. The molecule has 2 rings (SSSR count). The fourth-order valence-electron chi connectivity index (χ4n) is 1.53. The number of rotatable bonds is 4. The normalized spacial score (nSPS) is 9.78. The van der Waals surface area contributed by atoms with Crippen molar-refractivity contribution in [1.29, 1.82) is 0 Å². The van der Waals surface area contributed by atoms with Gasteiger partial charge in [-0.15, -0.1) is 0 Å². The molecule has 5 nitrogen and oxygen atoms in total. The molecular weight excluding hydrogens is 234 g/mol. The summed E-state index contributed by atoms with van der Waals surface area (Å²) in [7, 11) is 0. The number of nitro groups is 1. The molecule has 0 aliphatic heterocycles. The lowest BCUT2D eigenvalue weighted by Crippen LogP contribution is -1.86. The molecule has 0 spiro atoms. The average Bonchev–Trinajstić information content (AvgIpc) is 2.85. The first-order chi connectivity index (χ1) is 8.70. The van der Waals surface area contributed by atoms with Crippen molar-refractivity contribution in [2.24, 2.45) is 0 Å². The minimum Gasteiger partial charge on any atom is -0.461 e. The monoisotopic (exact) mass is 243 g/mol. The van der Waals surface area contributed by atoms with Gasteiger partial charge in [-0.1, -0.05) is 0 Å². The number of carbonyl (C=O) groups excluding carboxylic acids is 1. The van der Waals surface area contributed by atoms with Gasteiger partial charge in [-0.3, -0.25) is 10.1 Å². The minimum absolute atomic E-state index is 0.0365. The Labute approximate surface area is 103 Å². The van der Waals surface area contributed by atoms with E-state index in [0.29, 0.717) is 17.9 Å². The summed E-state index contributed by atoms with van der Waals surface area (Å²) in [4.78, 5) is 20.1. The molecule has 0 radical (unpaired) electrons. The maximum absolute atomic E-state index is 10.5. The van der Waals surface area contributed by atoms with Crippen LogP contribution in [0.3, 0.4) is 0 Å². The second-order valence-electron chi connectivity index (χ2n) is 3.60. The van der Waals surface area contributed by atoms with Gasteiger partial charge >= 0.3 is 0 Å². The van der Waals surface area contributed by atoms with Gasteiger partial charge in [0.2, 0.25) is 0 Å². The molecule has 90 valence electrons. The maximum Gasteiger partial charge on any atom is 0.269 e. The predicted molar refractivity (Wildman–Crippen MR) is 64.8 cm³/mol. The standard InChI is InChI=1S/C13H9NO4/c15-9-1-2-12-7-8-13(18-12)10-3-5-11(6-4-10)14(16)17/h1,3-8H,2H2. The van der Waals surface area contributed by atoms with E-state index in [1.807, 2.05) is 0 Å². The van der Waals surface area contributed by atoms with Gasteiger partial charge in [0.25, 0.3) is 5.69 Å². The lowest BCUT2D eigenvalue weighted by atomic mass is 10.1. The van der Waals surface area contributed by atoms with Crippen molar-refractivity contribution in [2.75, 3.05) is 0 Å². The number of hydrogen-bond acceptors (Lipinski definition) is 4. The van der Waals surface area contributed by atoms with Gasteiger partial charge < -0.3 is 4.42 Å². The van der Waals surface area contributed by atoms with Gasteiger partial charge in [0, 0.05) is 30.2 Å². The Morgan fingerprint density at radius 1 is 1.22 bits per heavy atom. The minimum atomic E-state index is -0.452. The highest BCUT2D eigenvalue weighted by Gasteiger charge is 2.07. The summed E-state index contributed by atoms with van der Waals surface area (Å²) >= 11 is 0. The zero-order valence-electron chi connectivity index (χ0n) is 9.33. The molecule has 0 N–H and O–H groups in total. The first-order valence-corrected chi connectivity index (χ1v) is 5.23. The van der Waals surface area contributed by atoms with E-state index >= 15 is 0 Å². The summed E-state index contributed by atoms with van der Waals surface area (Å²) in [6.45, 7) is 0. The van der Waals surface area contributed by atoms with E-state index in [0.717, 1.165) is 5.56 Å². The predicted octanol–water partition coefficient (Wildman–Crippen LogP) is 2.79. The smallest absolute Gasteiger partial charge is 0.269 e. The summed E-state index contributed by atoms with van der Waals surface area (Å²) < 4.78 is 5.49. The molecule has 1 aromatic carbocycles. The van der Waals surface area contributed by atoms with Crippen LogP contribution in [-0.2, 0) is 11.2 Å². The van der Waals surface area contributed by atoms with Crippen molar-refractivity contribution in [2.45, 2.75) is 6.42 Å². The van der Waals surface area contributed by atoms with E-state index in [9.17, 15) is 14.9 Å². The zero-order valence-corrected chi connectivity index (χ0v) is 9.33. The van der Waals surface area contributed by atoms with Crippen LogP contribution in [0.25, 0.3) is 11.3 Å². The number of nitrogens with zero attached hydrogens (tertiary/aromatic N) is 1. The lowest BCUT2D eigenvalue weighted by molar-refractivity contribution is -0.384. The van der Waals surface area contributed by atoms with E-state index in [4.69, 9.17) is 4.42 Å². The molecular formula is C13H9NO4. The quantitative estimate of drug-likeness (QED) is 0.470. The first-order valence-electron chi connectivity index (χ1n) is 5.23. The fraction of sp³-hybridized carbons (Fsp3) is 0.0769. The molecule has 1 heterocycles. The maximum atomic E-state index is 10.5. The van der Waals surface area contributed by atoms with E-state index < -0.39 is 4.92 Å². The van der Waals surface area contributed by atoms with E-state index in [1.54, 1.807) is 30.2 Å². The SMILES string of the molecule is O=C=CCc1ccc(-c2ccc([N+](=O)[O-])cc2)o1. The molecule has 0 amide bonds. The third-order valence-corrected chi connectivity index (χ3v) is 2.41. The van der Waals surface area contributed by atoms with Crippen molar-refractivity contribution in [3.63, 3.8) is 0 Å². The zero-order chi connectivity index (χ0) is 13.0. The molecule has 0 fully saturated rings. The largest absolute Gasteiger partial charge is 0.461 e. The molecule has 1 aromatic heterocycles. The Morgan fingerprint density at radius 3 is 2.56 bits per heavy atom. The fourth-order valence-corrected chi connectivity index (χ4v) is 1.53. The van der Waals surface area contributed by atoms with Crippen molar-refractivity contribution in [1.82, 2.24) is 0 Å². The molecule has 0 unspecified atom stereocenters. The molecule has 5 heteroatoms.